The SMILES string of the molecule is N#Cc1cc(F)c(-c2nc3c(c4nc(-c5c(F)cc(C#N)cc5Cl)n(-c5ccccc5)c4c4nc(-c5c(F)cc(C#N)cc5Cl)n(-c5ccccc5)c34)n2-c2ccccc2)c(Cl)c1. The summed E-state index contributed by atoms with van der Waals surface area (Å²) in [5.41, 5.74) is 2.33. The van der Waals surface area contributed by atoms with Crippen LogP contribution in [0.5, 0.6) is 0 Å². The molecule has 7 aromatic carbocycles. The first kappa shape index (κ1) is 39.2. The van der Waals surface area contributed by atoms with Crippen molar-refractivity contribution in [2.45, 2.75) is 0 Å². The molecule has 0 aliphatic carbocycles. The smallest absolute Gasteiger partial charge is 0.150 e. The molecule has 0 saturated carbocycles. The van der Waals surface area contributed by atoms with Gasteiger partial charge < -0.3 is 0 Å². The number of aromatic nitrogens is 6. The Bertz CT molecular complexity index is 3190. The molecular formula is C48H21Cl3F3N9. The Hall–Kier alpha value is -7.92. The number of rotatable bonds is 6. The molecule has 0 aliphatic rings. The maximum absolute atomic E-state index is 16.5. The molecule has 0 atom stereocenters. The Kier molecular flexibility index (Phi) is 9.47. The summed E-state index contributed by atoms with van der Waals surface area (Å²) in [5.74, 6) is -2.53. The lowest BCUT2D eigenvalue weighted by atomic mass is 10.1. The maximum atomic E-state index is 16.5. The van der Waals surface area contributed by atoms with E-state index >= 15 is 13.2 Å². The summed E-state index contributed by atoms with van der Waals surface area (Å²) < 4.78 is 54.6. The van der Waals surface area contributed by atoms with Gasteiger partial charge in [0.15, 0.2) is 0 Å². The molecule has 3 heterocycles. The standard InChI is InChI=1S/C48H21Cl3F3N9/c49-31-16-25(22-55)19-34(52)37(31)46-58-40-43(61(46)28-10-4-1-5-11-28)41-45(63(30-14-8-3-9-15-30)47(59-41)38-32(50)17-26(23-56)20-35(38)53)42-44(40)62(29-12-6-2-7-13-29)48(60-42)39-33(51)18-27(24-57)21-36(39)54/h1-21H. The number of halogens is 6. The maximum Gasteiger partial charge on any atom is 0.150 e. The zero-order valence-corrected chi connectivity index (χ0v) is 34.2. The fraction of sp³-hybridized carbons (Fsp3) is 0. The van der Waals surface area contributed by atoms with Crippen molar-refractivity contribution >= 4 is 67.9 Å². The minimum absolute atomic E-state index is 0.000310. The van der Waals surface area contributed by atoms with E-state index in [2.05, 4.69) is 0 Å². The van der Waals surface area contributed by atoms with E-state index in [9.17, 15) is 15.8 Å². The van der Waals surface area contributed by atoms with Crippen LogP contribution in [0.2, 0.25) is 15.1 Å². The molecule has 0 fully saturated rings. The third-order valence-electron chi connectivity index (χ3n) is 10.5. The Morgan fingerprint density at radius 1 is 0.397 bits per heavy atom. The van der Waals surface area contributed by atoms with Gasteiger partial charge in [-0.2, -0.15) is 15.8 Å². The van der Waals surface area contributed by atoms with Crippen molar-refractivity contribution in [3.05, 3.63) is 177 Å². The Labute approximate surface area is 369 Å². The van der Waals surface area contributed by atoms with Gasteiger partial charge in [0.25, 0.3) is 0 Å². The summed E-state index contributed by atoms with van der Waals surface area (Å²) in [6.07, 6.45) is 0. The zero-order chi connectivity index (χ0) is 43.7. The monoisotopic (exact) mass is 885 g/mol. The number of hydrogen-bond donors (Lipinski definition) is 0. The summed E-state index contributed by atoms with van der Waals surface area (Å²) in [7, 11) is 0. The molecule has 300 valence electrons. The predicted molar refractivity (Wildman–Crippen MR) is 236 cm³/mol. The Morgan fingerprint density at radius 3 is 0.873 bits per heavy atom. The van der Waals surface area contributed by atoms with Crippen LogP contribution >= 0.6 is 34.8 Å². The van der Waals surface area contributed by atoms with Gasteiger partial charge in [-0.15, -0.1) is 0 Å². The highest BCUT2D eigenvalue weighted by molar-refractivity contribution is 6.35. The molecule has 0 saturated heterocycles. The number of nitrogens with zero attached hydrogens (tertiary/aromatic N) is 9. The average Bonchev–Trinajstić information content (AvgIpc) is 3.99. The lowest BCUT2D eigenvalue weighted by Crippen LogP contribution is -2.01. The number of benzene rings is 7. The highest BCUT2D eigenvalue weighted by Crippen LogP contribution is 2.47. The van der Waals surface area contributed by atoms with Gasteiger partial charge in [0, 0.05) is 17.1 Å². The topological polar surface area (TPSA) is 125 Å². The minimum Gasteiger partial charge on any atom is -0.290 e. The van der Waals surface area contributed by atoms with E-state index in [4.69, 9.17) is 49.8 Å². The molecule has 0 unspecified atom stereocenters. The molecule has 10 rings (SSSR count). The summed E-state index contributed by atoms with van der Waals surface area (Å²) in [4.78, 5) is 15.5. The van der Waals surface area contributed by atoms with Crippen LogP contribution in [0, 0.1) is 51.4 Å². The van der Waals surface area contributed by atoms with Crippen LogP contribution in [0.1, 0.15) is 16.7 Å². The van der Waals surface area contributed by atoms with E-state index in [1.54, 1.807) is 105 Å². The molecule has 0 N–H and O–H groups in total. The van der Waals surface area contributed by atoms with Crippen molar-refractivity contribution in [3.63, 3.8) is 0 Å². The molecule has 0 spiro atoms. The lowest BCUT2D eigenvalue weighted by molar-refractivity contribution is 0.629. The molecule has 0 aliphatic heterocycles. The second-order valence-electron chi connectivity index (χ2n) is 14.2. The van der Waals surface area contributed by atoms with Gasteiger partial charge in [0.1, 0.15) is 68.0 Å². The van der Waals surface area contributed by atoms with Crippen LogP contribution in [0.25, 0.3) is 84.3 Å². The van der Waals surface area contributed by atoms with Crippen molar-refractivity contribution in [2.75, 3.05) is 0 Å². The predicted octanol–water partition coefficient (Wildman–Crippen LogP) is 12.7. The number of para-hydroxylation sites is 3. The van der Waals surface area contributed by atoms with Gasteiger partial charge in [-0.25, -0.2) is 28.1 Å². The summed E-state index contributed by atoms with van der Waals surface area (Å²) >= 11 is 20.6. The first-order valence-corrected chi connectivity index (χ1v) is 20.0. The van der Waals surface area contributed by atoms with Crippen LogP contribution < -0.4 is 0 Å². The summed E-state index contributed by atoms with van der Waals surface area (Å²) in [6, 6.07) is 39.7. The molecule has 10 aromatic rings. The molecule has 15 heteroatoms. The Morgan fingerprint density at radius 2 is 0.651 bits per heavy atom. The van der Waals surface area contributed by atoms with Crippen molar-refractivity contribution in [1.29, 1.82) is 15.8 Å². The van der Waals surface area contributed by atoms with E-state index < -0.39 is 17.5 Å². The lowest BCUT2D eigenvalue weighted by Gasteiger charge is -2.13. The first-order chi connectivity index (χ1) is 30.6. The molecule has 9 nitrogen and oxygen atoms in total. The molecule has 0 amide bonds. The van der Waals surface area contributed by atoms with Gasteiger partial charge >= 0.3 is 0 Å². The largest absolute Gasteiger partial charge is 0.290 e. The van der Waals surface area contributed by atoms with Crippen molar-refractivity contribution in [1.82, 2.24) is 28.7 Å². The fourth-order valence-corrected chi connectivity index (χ4v) is 8.83. The van der Waals surface area contributed by atoms with Crippen LogP contribution in [-0.4, -0.2) is 28.7 Å². The molecule has 3 aromatic heterocycles. The third kappa shape index (κ3) is 6.18. The van der Waals surface area contributed by atoms with Crippen LogP contribution in [0.3, 0.4) is 0 Å². The summed E-state index contributed by atoms with van der Waals surface area (Å²) in [5, 5.41) is 28.8. The van der Waals surface area contributed by atoms with Gasteiger partial charge in [0.2, 0.25) is 0 Å². The first-order valence-electron chi connectivity index (χ1n) is 18.9. The van der Waals surface area contributed by atoms with E-state index in [0.29, 0.717) is 17.1 Å². The van der Waals surface area contributed by atoms with E-state index in [0.717, 1.165) is 18.2 Å². The highest BCUT2D eigenvalue weighted by atomic mass is 35.5. The van der Waals surface area contributed by atoms with Gasteiger partial charge in [-0.05, 0) is 72.8 Å². The van der Waals surface area contributed by atoms with Crippen molar-refractivity contribution in [3.8, 4) is 69.4 Å². The van der Waals surface area contributed by atoms with Crippen LogP contribution in [0.4, 0.5) is 13.2 Å². The van der Waals surface area contributed by atoms with Gasteiger partial charge in [-0.3, -0.25) is 13.7 Å². The second kappa shape index (κ2) is 15.2. The van der Waals surface area contributed by atoms with Gasteiger partial charge in [0.05, 0.1) is 66.7 Å². The minimum atomic E-state index is -0.843. The van der Waals surface area contributed by atoms with E-state index in [1.807, 2.05) is 18.2 Å². The molecule has 0 bridgehead atoms. The fourth-order valence-electron chi connectivity index (χ4n) is 7.95. The summed E-state index contributed by atoms with van der Waals surface area (Å²) in [6.45, 7) is 0. The number of nitriles is 3. The average molecular weight is 887 g/mol. The van der Waals surface area contributed by atoms with Crippen molar-refractivity contribution in [2.24, 2.45) is 0 Å². The molecule has 0 radical (unpaired) electrons. The number of imidazole rings is 3. The molecule has 63 heavy (non-hydrogen) atoms. The third-order valence-corrected chi connectivity index (χ3v) is 11.4. The zero-order valence-electron chi connectivity index (χ0n) is 31.9. The van der Waals surface area contributed by atoms with Crippen molar-refractivity contribution < 1.29 is 13.2 Å². The van der Waals surface area contributed by atoms with Crippen LogP contribution in [0.15, 0.2) is 127 Å². The van der Waals surface area contributed by atoms with E-state index in [1.165, 1.54) is 18.2 Å². The normalized spacial score (nSPS) is 11.3. The second-order valence-corrected chi connectivity index (χ2v) is 15.4. The molecular weight excluding hydrogens is 866 g/mol. The van der Waals surface area contributed by atoms with Gasteiger partial charge in [-0.1, -0.05) is 89.4 Å². The quantitative estimate of drug-likeness (QED) is 0.164. The number of hydrogen-bond acceptors (Lipinski definition) is 6. The van der Waals surface area contributed by atoms with E-state index in [-0.39, 0.29) is 99.0 Å². The number of fused-ring (bicyclic) bond motifs is 6. The highest BCUT2D eigenvalue weighted by Gasteiger charge is 2.33. The van der Waals surface area contributed by atoms with Crippen LogP contribution in [-0.2, 0) is 0 Å². The Balaban J connectivity index is 1.53.